The number of aromatic nitrogens is 2. The van der Waals surface area contributed by atoms with E-state index in [0.717, 1.165) is 41.9 Å². The van der Waals surface area contributed by atoms with Crippen molar-refractivity contribution in [2.24, 2.45) is 0 Å². The van der Waals surface area contributed by atoms with Crippen molar-refractivity contribution < 1.29 is 4.79 Å². The number of anilines is 1. The van der Waals surface area contributed by atoms with Gasteiger partial charge in [0, 0.05) is 31.1 Å². The standard InChI is InChI=1S/C27H27N3O.ClH/c1-2-21-12-6-8-14-24(21)30-19-22(18-26(30)31)27-28-23-13-7-9-15-25(23)29(27)17-16-20-10-4-3-5-11-20;/h3-15,22H,2,16-19H2,1H3;1H. The zero-order valence-corrected chi connectivity index (χ0v) is 19.1. The zero-order chi connectivity index (χ0) is 21.2. The van der Waals surface area contributed by atoms with Crippen molar-refractivity contribution in [1.29, 1.82) is 0 Å². The van der Waals surface area contributed by atoms with E-state index < -0.39 is 0 Å². The van der Waals surface area contributed by atoms with Gasteiger partial charge in [-0.25, -0.2) is 4.98 Å². The van der Waals surface area contributed by atoms with Crippen LogP contribution in [0.1, 0.15) is 36.2 Å². The highest BCUT2D eigenvalue weighted by Gasteiger charge is 2.35. The van der Waals surface area contributed by atoms with Crippen LogP contribution in [0.5, 0.6) is 0 Å². The van der Waals surface area contributed by atoms with Crippen molar-refractivity contribution in [1.82, 2.24) is 9.55 Å². The van der Waals surface area contributed by atoms with Crippen LogP contribution in [0.25, 0.3) is 11.0 Å². The number of carbonyl (C=O) groups is 1. The number of imidazole rings is 1. The van der Waals surface area contributed by atoms with Gasteiger partial charge >= 0.3 is 0 Å². The van der Waals surface area contributed by atoms with Crippen LogP contribution in [0, 0.1) is 0 Å². The summed E-state index contributed by atoms with van der Waals surface area (Å²) in [6.45, 7) is 3.68. The fourth-order valence-corrected chi connectivity index (χ4v) is 4.71. The van der Waals surface area contributed by atoms with Gasteiger partial charge in [0.05, 0.1) is 11.0 Å². The molecule has 4 nitrogen and oxygen atoms in total. The summed E-state index contributed by atoms with van der Waals surface area (Å²) in [6, 6.07) is 27.1. The van der Waals surface area contributed by atoms with E-state index in [0.29, 0.717) is 13.0 Å². The maximum absolute atomic E-state index is 13.0. The maximum atomic E-state index is 13.0. The number of aryl methyl sites for hydroxylation is 3. The van der Waals surface area contributed by atoms with E-state index in [4.69, 9.17) is 4.98 Å². The van der Waals surface area contributed by atoms with E-state index >= 15 is 0 Å². The average molecular weight is 446 g/mol. The first-order chi connectivity index (χ1) is 15.2. The number of rotatable bonds is 6. The number of hydrogen-bond donors (Lipinski definition) is 0. The first-order valence-electron chi connectivity index (χ1n) is 11.1. The molecule has 4 aromatic rings. The Bertz CT molecular complexity index is 1220. The molecule has 1 aliphatic rings. The highest BCUT2D eigenvalue weighted by molar-refractivity contribution is 5.97. The number of carbonyl (C=O) groups excluding carboxylic acids is 1. The number of halogens is 1. The van der Waals surface area contributed by atoms with Crippen molar-refractivity contribution >= 4 is 35.0 Å². The Morgan fingerprint density at radius 3 is 2.47 bits per heavy atom. The summed E-state index contributed by atoms with van der Waals surface area (Å²) in [5.41, 5.74) is 5.73. The van der Waals surface area contributed by atoms with Crippen molar-refractivity contribution in [3.05, 3.63) is 95.8 Å². The van der Waals surface area contributed by atoms with Gasteiger partial charge in [-0.3, -0.25) is 4.79 Å². The van der Waals surface area contributed by atoms with Gasteiger partial charge in [-0.05, 0) is 42.2 Å². The van der Waals surface area contributed by atoms with Crippen molar-refractivity contribution in [2.45, 2.75) is 38.6 Å². The minimum Gasteiger partial charge on any atom is -0.327 e. The second-order valence-electron chi connectivity index (χ2n) is 8.23. The van der Waals surface area contributed by atoms with Gasteiger partial charge in [0.2, 0.25) is 5.91 Å². The molecule has 1 fully saturated rings. The van der Waals surface area contributed by atoms with E-state index in [9.17, 15) is 4.79 Å². The van der Waals surface area contributed by atoms with Crippen molar-refractivity contribution in [3.8, 4) is 0 Å². The number of para-hydroxylation sites is 3. The minimum absolute atomic E-state index is 0. The summed E-state index contributed by atoms with van der Waals surface area (Å²) < 4.78 is 2.33. The largest absolute Gasteiger partial charge is 0.327 e. The van der Waals surface area contributed by atoms with Crippen molar-refractivity contribution in [2.75, 3.05) is 11.4 Å². The van der Waals surface area contributed by atoms with Gasteiger partial charge < -0.3 is 9.47 Å². The normalized spacial score (nSPS) is 15.8. The molecule has 5 rings (SSSR count). The number of fused-ring (bicyclic) bond motifs is 1. The lowest BCUT2D eigenvalue weighted by molar-refractivity contribution is -0.117. The monoisotopic (exact) mass is 445 g/mol. The first kappa shape index (κ1) is 22.1. The molecule has 1 unspecified atom stereocenters. The third-order valence-corrected chi connectivity index (χ3v) is 6.30. The molecule has 2 heterocycles. The lowest BCUT2D eigenvalue weighted by Crippen LogP contribution is -2.25. The second-order valence-corrected chi connectivity index (χ2v) is 8.23. The predicted molar refractivity (Wildman–Crippen MR) is 133 cm³/mol. The Labute approximate surface area is 195 Å². The van der Waals surface area contributed by atoms with E-state index in [-0.39, 0.29) is 24.2 Å². The van der Waals surface area contributed by atoms with Crippen LogP contribution in [0.4, 0.5) is 5.69 Å². The van der Waals surface area contributed by atoms with Crippen LogP contribution < -0.4 is 4.90 Å². The molecule has 1 atom stereocenters. The molecule has 1 aromatic heterocycles. The van der Waals surface area contributed by atoms with Crippen LogP contribution in [0.3, 0.4) is 0 Å². The summed E-state index contributed by atoms with van der Waals surface area (Å²) in [6.07, 6.45) is 2.37. The van der Waals surface area contributed by atoms with Crippen LogP contribution in [0.15, 0.2) is 78.9 Å². The highest BCUT2D eigenvalue weighted by atomic mass is 35.5. The van der Waals surface area contributed by atoms with Gasteiger partial charge in [0.1, 0.15) is 5.82 Å². The predicted octanol–water partition coefficient (Wildman–Crippen LogP) is 5.78. The summed E-state index contributed by atoms with van der Waals surface area (Å²) in [7, 11) is 0. The quantitative estimate of drug-likeness (QED) is 0.377. The summed E-state index contributed by atoms with van der Waals surface area (Å²) in [5.74, 6) is 1.31. The lowest BCUT2D eigenvalue weighted by atomic mass is 10.1. The Balaban J connectivity index is 0.00000245. The molecule has 0 bridgehead atoms. The van der Waals surface area contributed by atoms with Gasteiger partial charge in [-0.2, -0.15) is 0 Å². The van der Waals surface area contributed by atoms with Gasteiger partial charge in [0.15, 0.2) is 0 Å². The number of amides is 1. The van der Waals surface area contributed by atoms with Crippen LogP contribution in [-0.2, 0) is 24.2 Å². The van der Waals surface area contributed by atoms with Crippen molar-refractivity contribution in [3.63, 3.8) is 0 Å². The second kappa shape index (κ2) is 9.58. The molecule has 0 spiro atoms. The molecule has 32 heavy (non-hydrogen) atoms. The fraction of sp³-hybridized carbons (Fsp3) is 0.259. The molecule has 1 amide bonds. The van der Waals surface area contributed by atoms with E-state index in [2.05, 4.69) is 72.2 Å². The molecule has 0 radical (unpaired) electrons. The lowest BCUT2D eigenvalue weighted by Gasteiger charge is -2.20. The Morgan fingerprint density at radius 2 is 1.66 bits per heavy atom. The SMILES string of the molecule is CCc1ccccc1N1CC(c2nc3ccccc3n2CCc2ccccc2)CC1=O.Cl. The number of nitrogens with zero attached hydrogens (tertiary/aromatic N) is 3. The smallest absolute Gasteiger partial charge is 0.227 e. The Kier molecular flexibility index (Phi) is 6.61. The summed E-state index contributed by atoms with van der Waals surface area (Å²) in [4.78, 5) is 20.0. The average Bonchev–Trinajstić information content (AvgIpc) is 3.38. The molecule has 164 valence electrons. The number of benzene rings is 3. The van der Waals surface area contributed by atoms with Gasteiger partial charge in [-0.1, -0.05) is 67.6 Å². The zero-order valence-electron chi connectivity index (χ0n) is 18.3. The molecular formula is C27H28ClN3O. The Morgan fingerprint density at radius 1 is 0.938 bits per heavy atom. The Hall–Kier alpha value is -3.11. The summed E-state index contributed by atoms with van der Waals surface area (Å²) in [5, 5.41) is 0. The molecule has 3 aromatic carbocycles. The van der Waals surface area contributed by atoms with E-state index in [1.165, 1.54) is 11.1 Å². The minimum atomic E-state index is 0. The van der Waals surface area contributed by atoms with E-state index in [1.807, 2.05) is 23.1 Å². The van der Waals surface area contributed by atoms with Crippen LogP contribution in [-0.4, -0.2) is 22.0 Å². The molecule has 5 heteroatoms. The number of hydrogen-bond acceptors (Lipinski definition) is 2. The maximum Gasteiger partial charge on any atom is 0.227 e. The molecule has 1 saturated heterocycles. The van der Waals surface area contributed by atoms with Gasteiger partial charge in [0.25, 0.3) is 0 Å². The molecular weight excluding hydrogens is 418 g/mol. The fourth-order valence-electron chi connectivity index (χ4n) is 4.71. The molecule has 1 aliphatic heterocycles. The molecule has 0 aliphatic carbocycles. The third kappa shape index (κ3) is 4.15. The first-order valence-corrected chi connectivity index (χ1v) is 11.1. The third-order valence-electron chi connectivity index (χ3n) is 6.30. The highest BCUT2D eigenvalue weighted by Crippen LogP contribution is 2.34. The molecule has 0 saturated carbocycles. The van der Waals surface area contributed by atoms with Gasteiger partial charge in [-0.15, -0.1) is 12.4 Å². The molecule has 0 N–H and O–H groups in total. The van der Waals surface area contributed by atoms with Crippen LogP contribution >= 0.6 is 12.4 Å². The summed E-state index contributed by atoms with van der Waals surface area (Å²) >= 11 is 0. The van der Waals surface area contributed by atoms with Crippen LogP contribution in [0.2, 0.25) is 0 Å². The van der Waals surface area contributed by atoms with E-state index in [1.54, 1.807) is 0 Å². The topological polar surface area (TPSA) is 38.1 Å².